The molecule has 5 heteroatoms. The van der Waals surface area contributed by atoms with Gasteiger partial charge in [0, 0.05) is 7.05 Å². The van der Waals surface area contributed by atoms with Crippen molar-refractivity contribution in [2.45, 2.75) is 13.3 Å². The Labute approximate surface area is 70.3 Å². The number of esters is 1. The lowest BCUT2D eigenvalue weighted by molar-refractivity contribution is -0.142. The minimum Gasteiger partial charge on any atom is -0.466 e. The van der Waals surface area contributed by atoms with Gasteiger partial charge in [0.25, 0.3) is 0 Å². The molecule has 0 saturated heterocycles. The zero-order valence-electron chi connectivity index (χ0n) is 7.15. The van der Waals surface area contributed by atoms with Crippen molar-refractivity contribution in [3.63, 3.8) is 0 Å². The molecule has 0 amide bonds. The van der Waals surface area contributed by atoms with E-state index < -0.39 is 0 Å². The summed E-state index contributed by atoms with van der Waals surface area (Å²) < 4.78 is 6.31. The summed E-state index contributed by atoms with van der Waals surface area (Å²) in [4.78, 5) is 11.0. The Kier molecular flexibility index (Phi) is 2.79. The van der Waals surface area contributed by atoms with Crippen LogP contribution in [0.25, 0.3) is 0 Å². The molecule has 1 aromatic rings. The molecule has 0 unspecified atom stereocenters. The van der Waals surface area contributed by atoms with Crippen LogP contribution in [-0.4, -0.2) is 27.6 Å². The average molecular weight is 169 g/mol. The van der Waals surface area contributed by atoms with E-state index in [1.54, 1.807) is 24.9 Å². The molecule has 0 aliphatic rings. The fraction of sp³-hybridized carbons (Fsp3) is 0.571. The second-order valence-corrected chi connectivity index (χ2v) is 2.33. The summed E-state index contributed by atoms with van der Waals surface area (Å²) in [6.45, 7) is 2.18. The first kappa shape index (κ1) is 8.70. The topological polar surface area (TPSA) is 57.0 Å². The molecule has 1 heterocycles. The van der Waals surface area contributed by atoms with Gasteiger partial charge < -0.3 is 4.74 Å². The maximum Gasteiger partial charge on any atom is 0.311 e. The highest BCUT2D eigenvalue weighted by atomic mass is 16.5. The summed E-state index contributed by atoms with van der Waals surface area (Å²) in [7, 11) is 1.74. The first-order valence-electron chi connectivity index (χ1n) is 3.73. The Morgan fingerprint density at radius 1 is 1.75 bits per heavy atom. The lowest BCUT2D eigenvalue weighted by Gasteiger charge is -2.00. The summed E-state index contributed by atoms with van der Waals surface area (Å²) in [5, 5.41) is 7.33. The second kappa shape index (κ2) is 3.85. The van der Waals surface area contributed by atoms with Crippen molar-refractivity contribution < 1.29 is 9.53 Å². The number of aryl methyl sites for hydroxylation is 1. The van der Waals surface area contributed by atoms with Crippen molar-refractivity contribution in [3.8, 4) is 0 Å². The summed E-state index contributed by atoms with van der Waals surface area (Å²) in [6.07, 6.45) is 1.79. The molecule has 0 bridgehead atoms. The van der Waals surface area contributed by atoms with Gasteiger partial charge in [0.2, 0.25) is 0 Å². The van der Waals surface area contributed by atoms with E-state index in [1.807, 2.05) is 0 Å². The molecular weight excluding hydrogens is 158 g/mol. The Morgan fingerprint density at radius 2 is 2.50 bits per heavy atom. The average Bonchev–Trinajstić information content (AvgIpc) is 2.37. The predicted molar refractivity (Wildman–Crippen MR) is 41.3 cm³/mol. The minimum atomic E-state index is -0.247. The van der Waals surface area contributed by atoms with Gasteiger partial charge in [0.15, 0.2) is 0 Å². The SMILES string of the molecule is CCOC(=O)Cc1cnnn1C. The number of carbonyl (C=O) groups excluding carboxylic acids is 1. The van der Waals surface area contributed by atoms with Gasteiger partial charge in [-0.15, -0.1) is 5.10 Å². The van der Waals surface area contributed by atoms with Gasteiger partial charge in [-0.05, 0) is 6.92 Å². The first-order chi connectivity index (χ1) is 5.74. The standard InChI is InChI=1S/C7H11N3O2/c1-3-12-7(11)4-6-5-8-9-10(6)2/h5H,3-4H2,1-2H3. The summed E-state index contributed by atoms with van der Waals surface area (Å²) in [5.74, 6) is -0.247. The van der Waals surface area contributed by atoms with Gasteiger partial charge in [-0.1, -0.05) is 5.21 Å². The second-order valence-electron chi connectivity index (χ2n) is 2.33. The molecule has 1 rings (SSSR count). The summed E-state index contributed by atoms with van der Waals surface area (Å²) >= 11 is 0. The molecule has 0 aliphatic heterocycles. The normalized spacial score (nSPS) is 9.83. The van der Waals surface area contributed by atoms with Gasteiger partial charge in [-0.2, -0.15) is 0 Å². The molecule has 66 valence electrons. The number of ether oxygens (including phenoxy) is 1. The van der Waals surface area contributed by atoms with E-state index in [-0.39, 0.29) is 12.4 Å². The van der Waals surface area contributed by atoms with Crippen LogP contribution in [0.15, 0.2) is 6.20 Å². The van der Waals surface area contributed by atoms with E-state index in [2.05, 4.69) is 10.3 Å². The molecule has 0 spiro atoms. The molecule has 0 saturated carbocycles. The zero-order valence-corrected chi connectivity index (χ0v) is 7.15. The fourth-order valence-corrected chi connectivity index (χ4v) is 0.831. The van der Waals surface area contributed by atoms with Gasteiger partial charge in [0.1, 0.15) is 0 Å². The minimum absolute atomic E-state index is 0.233. The van der Waals surface area contributed by atoms with Crippen LogP contribution in [0.4, 0.5) is 0 Å². The third kappa shape index (κ3) is 2.05. The zero-order chi connectivity index (χ0) is 8.97. The molecule has 0 radical (unpaired) electrons. The smallest absolute Gasteiger partial charge is 0.311 e. The lowest BCUT2D eigenvalue weighted by atomic mass is 10.3. The molecule has 0 atom stereocenters. The molecule has 0 N–H and O–H groups in total. The van der Waals surface area contributed by atoms with Crippen LogP contribution in [0, 0.1) is 0 Å². The van der Waals surface area contributed by atoms with Crippen LogP contribution in [0.2, 0.25) is 0 Å². The Hall–Kier alpha value is -1.39. The Morgan fingerprint density at radius 3 is 3.00 bits per heavy atom. The van der Waals surface area contributed by atoms with E-state index in [0.29, 0.717) is 6.61 Å². The van der Waals surface area contributed by atoms with Crippen molar-refractivity contribution in [2.24, 2.45) is 7.05 Å². The van der Waals surface area contributed by atoms with Crippen molar-refractivity contribution in [2.75, 3.05) is 6.61 Å². The van der Waals surface area contributed by atoms with E-state index in [9.17, 15) is 4.79 Å². The highest BCUT2D eigenvalue weighted by Gasteiger charge is 2.07. The highest BCUT2D eigenvalue weighted by molar-refractivity contribution is 5.71. The maximum atomic E-state index is 11.0. The number of nitrogens with zero attached hydrogens (tertiary/aromatic N) is 3. The highest BCUT2D eigenvalue weighted by Crippen LogP contribution is 1.96. The van der Waals surface area contributed by atoms with E-state index in [1.165, 1.54) is 0 Å². The van der Waals surface area contributed by atoms with Crippen LogP contribution in [0.3, 0.4) is 0 Å². The lowest BCUT2D eigenvalue weighted by Crippen LogP contribution is -2.10. The molecular formula is C7H11N3O2. The van der Waals surface area contributed by atoms with Crippen LogP contribution < -0.4 is 0 Å². The predicted octanol–water partition coefficient (Wildman–Crippen LogP) is -0.0793. The van der Waals surface area contributed by atoms with Crippen molar-refractivity contribution >= 4 is 5.97 Å². The van der Waals surface area contributed by atoms with Gasteiger partial charge in [-0.25, -0.2) is 0 Å². The molecule has 5 nitrogen and oxygen atoms in total. The van der Waals surface area contributed by atoms with Crippen LogP contribution in [0.5, 0.6) is 0 Å². The maximum absolute atomic E-state index is 11.0. The summed E-state index contributed by atoms with van der Waals surface area (Å²) in [5.41, 5.74) is 0.758. The van der Waals surface area contributed by atoms with Crippen LogP contribution in [-0.2, 0) is 23.0 Å². The number of rotatable bonds is 3. The number of hydrogen-bond acceptors (Lipinski definition) is 4. The Balaban J connectivity index is 2.52. The third-order valence-electron chi connectivity index (χ3n) is 1.44. The fourth-order valence-electron chi connectivity index (χ4n) is 0.831. The van der Waals surface area contributed by atoms with Crippen LogP contribution >= 0.6 is 0 Å². The molecule has 0 aliphatic carbocycles. The van der Waals surface area contributed by atoms with Crippen molar-refractivity contribution in [1.82, 2.24) is 15.0 Å². The van der Waals surface area contributed by atoms with Crippen LogP contribution in [0.1, 0.15) is 12.6 Å². The number of carbonyl (C=O) groups is 1. The molecule has 0 fully saturated rings. The monoisotopic (exact) mass is 169 g/mol. The first-order valence-corrected chi connectivity index (χ1v) is 3.73. The van der Waals surface area contributed by atoms with E-state index >= 15 is 0 Å². The van der Waals surface area contributed by atoms with Crippen molar-refractivity contribution in [3.05, 3.63) is 11.9 Å². The van der Waals surface area contributed by atoms with Gasteiger partial charge in [-0.3, -0.25) is 9.48 Å². The number of hydrogen-bond donors (Lipinski definition) is 0. The largest absolute Gasteiger partial charge is 0.466 e. The molecule has 12 heavy (non-hydrogen) atoms. The number of aromatic nitrogens is 3. The van der Waals surface area contributed by atoms with E-state index in [4.69, 9.17) is 4.74 Å². The van der Waals surface area contributed by atoms with Gasteiger partial charge >= 0.3 is 5.97 Å². The third-order valence-corrected chi connectivity index (χ3v) is 1.44. The quantitative estimate of drug-likeness (QED) is 0.594. The molecule has 1 aromatic heterocycles. The van der Waals surface area contributed by atoms with Crippen molar-refractivity contribution in [1.29, 1.82) is 0 Å². The van der Waals surface area contributed by atoms with Gasteiger partial charge in [0.05, 0.1) is 24.9 Å². The molecule has 0 aromatic carbocycles. The summed E-state index contributed by atoms with van der Waals surface area (Å²) in [6, 6.07) is 0. The Bertz CT molecular complexity index is 269. The van der Waals surface area contributed by atoms with E-state index in [0.717, 1.165) is 5.69 Å².